The van der Waals surface area contributed by atoms with Crippen molar-refractivity contribution in [1.82, 2.24) is 9.88 Å². The van der Waals surface area contributed by atoms with Crippen LogP contribution in [-0.4, -0.2) is 33.5 Å². The minimum Gasteiger partial charge on any atom is -0.300 e. The van der Waals surface area contributed by atoms with Crippen molar-refractivity contribution >= 4 is 86.2 Å². The van der Waals surface area contributed by atoms with E-state index in [0.29, 0.717) is 32.2 Å². The van der Waals surface area contributed by atoms with Gasteiger partial charge in [-0.3, -0.25) is 19.3 Å². The zero-order chi connectivity index (χ0) is 23.5. The molecular weight excluding hydrogens is 525 g/mol. The number of hydrogen-bond acceptors (Lipinski definition) is 6. The Kier molecular flexibility index (Phi) is 7.41. The van der Waals surface area contributed by atoms with Gasteiger partial charge in [-0.2, -0.15) is 0 Å². The van der Waals surface area contributed by atoms with Gasteiger partial charge in [0.15, 0.2) is 5.13 Å². The number of nitrogens with zero attached hydrogens (tertiary/aromatic N) is 2. The first-order chi connectivity index (χ1) is 15.8. The van der Waals surface area contributed by atoms with Crippen molar-refractivity contribution in [2.24, 2.45) is 0 Å². The predicted molar refractivity (Wildman–Crippen MR) is 134 cm³/mol. The van der Waals surface area contributed by atoms with Gasteiger partial charge in [-0.15, -0.1) is 11.3 Å². The summed E-state index contributed by atoms with van der Waals surface area (Å²) in [7, 11) is 0. The van der Waals surface area contributed by atoms with E-state index < -0.39 is 23.6 Å². The van der Waals surface area contributed by atoms with Crippen LogP contribution >= 0.6 is 57.9 Å². The molecule has 33 heavy (non-hydrogen) atoms. The fourth-order valence-electron chi connectivity index (χ4n) is 2.97. The maximum absolute atomic E-state index is 12.7. The molecule has 1 aliphatic rings. The van der Waals surface area contributed by atoms with E-state index in [9.17, 15) is 14.4 Å². The Morgan fingerprint density at radius 3 is 2.45 bits per heavy atom. The van der Waals surface area contributed by atoms with Gasteiger partial charge < -0.3 is 5.32 Å². The number of aromatic nitrogens is 1. The number of benzene rings is 2. The summed E-state index contributed by atoms with van der Waals surface area (Å²) < 4.78 is 0. The number of nitrogens with one attached hydrogen (secondary N) is 1. The third kappa shape index (κ3) is 5.77. The highest BCUT2D eigenvalue weighted by atomic mass is 35.5. The van der Waals surface area contributed by atoms with E-state index >= 15 is 0 Å². The quantitative estimate of drug-likeness (QED) is 0.369. The van der Waals surface area contributed by atoms with Crippen molar-refractivity contribution < 1.29 is 14.4 Å². The second kappa shape index (κ2) is 10.3. The number of amides is 3. The van der Waals surface area contributed by atoms with Crippen LogP contribution in [0.15, 0.2) is 53.6 Å². The van der Waals surface area contributed by atoms with Gasteiger partial charge in [-0.1, -0.05) is 53.0 Å². The molecule has 2 heterocycles. The molecule has 3 aromatic rings. The minimum absolute atomic E-state index is 0.141. The van der Waals surface area contributed by atoms with Gasteiger partial charge in [-0.25, -0.2) is 4.98 Å². The minimum atomic E-state index is -0.585. The van der Waals surface area contributed by atoms with E-state index in [1.165, 1.54) is 17.4 Å². The largest absolute Gasteiger partial charge is 0.300 e. The van der Waals surface area contributed by atoms with Crippen LogP contribution < -0.4 is 5.32 Å². The fourth-order valence-corrected chi connectivity index (χ4v) is 5.28. The van der Waals surface area contributed by atoms with Gasteiger partial charge in [0.1, 0.15) is 6.54 Å². The fraction of sp³-hybridized carbons (Fsp3) is 0.0909. The van der Waals surface area contributed by atoms with Crippen molar-refractivity contribution in [2.75, 3.05) is 11.9 Å². The normalized spacial score (nSPS) is 14.9. The van der Waals surface area contributed by atoms with Crippen molar-refractivity contribution in [3.8, 4) is 0 Å². The standard InChI is InChI=1S/C22H14Cl3N3O3S2/c23-13-6-4-12(5-7-13)8-14-10-26-21(32-14)27-19(29)11-28-20(30)18(33-22(28)31)9-15-16(24)2-1-3-17(15)25/h1-7,9-10H,8,11H2,(H,26,27,29)/b18-9-. The van der Waals surface area contributed by atoms with E-state index in [0.717, 1.165) is 27.1 Å². The van der Waals surface area contributed by atoms with Gasteiger partial charge in [0, 0.05) is 38.1 Å². The molecule has 4 rings (SSSR count). The topological polar surface area (TPSA) is 79.4 Å². The summed E-state index contributed by atoms with van der Waals surface area (Å²) in [6.07, 6.45) is 3.77. The maximum Gasteiger partial charge on any atom is 0.294 e. The molecule has 0 radical (unpaired) electrons. The molecule has 1 saturated heterocycles. The summed E-state index contributed by atoms with van der Waals surface area (Å²) in [6, 6.07) is 12.4. The lowest BCUT2D eigenvalue weighted by atomic mass is 10.1. The molecule has 1 aliphatic heterocycles. The van der Waals surface area contributed by atoms with Crippen LogP contribution in [0.2, 0.25) is 15.1 Å². The summed E-state index contributed by atoms with van der Waals surface area (Å²) in [4.78, 5) is 43.6. The Balaban J connectivity index is 1.39. The summed E-state index contributed by atoms with van der Waals surface area (Å²) in [5.41, 5.74) is 1.50. The Hall–Kier alpha value is -2.36. The van der Waals surface area contributed by atoms with Crippen LogP contribution in [0.4, 0.5) is 9.93 Å². The summed E-state index contributed by atoms with van der Waals surface area (Å²) in [6.45, 7) is -0.426. The van der Waals surface area contributed by atoms with Crippen LogP contribution in [0.1, 0.15) is 16.0 Å². The van der Waals surface area contributed by atoms with Crippen molar-refractivity contribution in [3.63, 3.8) is 0 Å². The second-order valence-corrected chi connectivity index (χ2v) is 10.2. The SMILES string of the molecule is O=C(CN1C(=O)S/C(=C\c2c(Cl)cccc2Cl)C1=O)Nc1ncc(Cc2ccc(Cl)cc2)s1. The van der Waals surface area contributed by atoms with Crippen LogP contribution in [0.5, 0.6) is 0 Å². The Bertz CT molecular complexity index is 1260. The number of thioether (sulfide) groups is 1. The van der Waals surface area contributed by atoms with Crippen molar-refractivity contribution in [3.05, 3.63) is 84.6 Å². The highest BCUT2D eigenvalue weighted by Gasteiger charge is 2.36. The Labute approximate surface area is 212 Å². The Morgan fingerprint density at radius 1 is 1.06 bits per heavy atom. The zero-order valence-electron chi connectivity index (χ0n) is 16.7. The molecule has 0 atom stereocenters. The molecule has 0 aliphatic carbocycles. The van der Waals surface area contributed by atoms with Gasteiger partial charge in [0.05, 0.1) is 4.91 Å². The third-order valence-electron chi connectivity index (χ3n) is 4.54. The molecule has 6 nitrogen and oxygen atoms in total. The average Bonchev–Trinajstić information content (AvgIpc) is 3.31. The highest BCUT2D eigenvalue weighted by molar-refractivity contribution is 8.18. The second-order valence-electron chi connectivity index (χ2n) is 6.89. The van der Waals surface area contributed by atoms with E-state index in [4.69, 9.17) is 34.8 Å². The first-order valence-electron chi connectivity index (χ1n) is 9.48. The number of rotatable bonds is 6. The first-order valence-corrected chi connectivity index (χ1v) is 12.3. The number of hydrogen-bond donors (Lipinski definition) is 1. The predicted octanol–water partition coefficient (Wildman–Crippen LogP) is 6.37. The van der Waals surface area contributed by atoms with E-state index in [-0.39, 0.29) is 4.91 Å². The maximum atomic E-state index is 12.7. The monoisotopic (exact) mass is 537 g/mol. The van der Waals surface area contributed by atoms with Crippen LogP contribution in [0.25, 0.3) is 6.08 Å². The van der Waals surface area contributed by atoms with Crippen molar-refractivity contribution in [1.29, 1.82) is 0 Å². The van der Waals surface area contributed by atoms with Gasteiger partial charge in [-0.05, 0) is 47.7 Å². The molecule has 0 bridgehead atoms. The summed E-state index contributed by atoms with van der Waals surface area (Å²) in [5, 5.41) is 3.84. The molecular formula is C22H14Cl3N3O3S2. The third-order valence-corrected chi connectivity index (χ3v) is 7.27. The highest BCUT2D eigenvalue weighted by Crippen LogP contribution is 2.35. The van der Waals surface area contributed by atoms with Gasteiger partial charge >= 0.3 is 0 Å². The van der Waals surface area contributed by atoms with Gasteiger partial charge in [0.2, 0.25) is 5.91 Å². The number of anilines is 1. The van der Waals surface area contributed by atoms with Crippen LogP contribution in [0, 0.1) is 0 Å². The molecule has 11 heteroatoms. The molecule has 0 unspecified atom stereocenters. The number of thiazole rings is 1. The van der Waals surface area contributed by atoms with Crippen molar-refractivity contribution in [2.45, 2.75) is 6.42 Å². The molecule has 1 N–H and O–H groups in total. The number of imide groups is 1. The molecule has 0 saturated carbocycles. The smallest absolute Gasteiger partial charge is 0.294 e. The molecule has 168 valence electrons. The average molecular weight is 539 g/mol. The van der Waals surface area contributed by atoms with Crippen LogP contribution in [0.3, 0.4) is 0 Å². The summed E-state index contributed by atoms with van der Waals surface area (Å²) >= 11 is 20.2. The molecule has 1 fully saturated rings. The first kappa shape index (κ1) is 23.8. The number of halogens is 3. The molecule has 3 amide bonds. The Morgan fingerprint density at radius 2 is 1.76 bits per heavy atom. The van der Waals surface area contributed by atoms with Gasteiger partial charge in [0.25, 0.3) is 11.1 Å². The van der Waals surface area contributed by atoms with E-state index in [1.54, 1.807) is 24.4 Å². The van der Waals surface area contributed by atoms with E-state index in [2.05, 4.69) is 10.3 Å². The molecule has 0 spiro atoms. The lowest BCUT2D eigenvalue weighted by molar-refractivity contribution is -0.127. The number of carbonyl (C=O) groups excluding carboxylic acids is 3. The zero-order valence-corrected chi connectivity index (χ0v) is 20.6. The molecule has 1 aromatic heterocycles. The summed E-state index contributed by atoms with van der Waals surface area (Å²) in [5.74, 6) is -1.11. The van der Waals surface area contributed by atoms with Crippen LogP contribution in [-0.2, 0) is 16.0 Å². The lowest BCUT2D eigenvalue weighted by Gasteiger charge is -2.11. The molecule has 2 aromatic carbocycles. The number of carbonyl (C=O) groups is 3. The lowest BCUT2D eigenvalue weighted by Crippen LogP contribution is -2.36. The van der Waals surface area contributed by atoms with E-state index in [1.807, 2.05) is 24.3 Å².